The van der Waals surface area contributed by atoms with Crippen LogP contribution in [0.5, 0.6) is 0 Å². The molecule has 1 fully saturated rings. The van der Waals surface area contributed by atoms with Crippen molar-refractivity contribution in [1.29, 1.82) is 0 Å². The highest BCUT2D eigenvalue weighted by Gasteiger charge is 2.17. The Kier molecular flexibility index (Phi) is 2.53. The minimum atomic E-state index is 0.629. The zero-order valence-corrected chi connectivity index (χ0v) is 10.1. The molecular formula is C10H10BrN3O2. The summed E-state index contributed by atoms with van der Waals surface area (Å²) >= 11 is 3.35. The lowest BCUT2D eigenvalue weighted by atomic mass is 10.4. The highest BCUT2D eigenvalue weighted by molar-refractivity contribution is 9.10. The van der Waals surface area contributed by atoms with Gasteiger partial charge in [-0.1, -0.05) is 0 Å². The van der Waals surface area contributed by atoms with E-state index >= 15 is 0 Å². The van der Waals surface area contributed by atoms with Crippen molar-refractivity contribution in [2.45, 2.75) is 0 Å². The lowest BCUT2D eigenvalue weighted by Gasteiger charge is -2.24. The molecule has 0 N–H and O–H groups in total. The number of halogens is 1. The Morgan fingerprint density at radius 2 is 2.12 bits per heavy atom. The number of aromatic nitrogens is 2. The zero-order chi connectivity index (χ0) is 11.0. The third-order valence-electron chi connectivity index (χ3n) is 2.48. The van der Waals surface area contributed by atoms with Gasteiger partial charge in [-0.05, 0) is 15.9 Å². The van der Waals surface area contributed by atoms with Gasteiger partial charge in [0.25, 0.3) is 6.01 Å². The van der Waals surface area contributed by atoms with Crippen molar-refractivity contribution in [3.63, 3.8) is 0 Å². The van der Waals surface area contributed by atoms with E-state index in [1.54, 1.807) is 6.20 Å². The summed E-state index contributed by atoms with van der Waals surface area (Å²) < 4.78 is 11.8. The Balaban J connectivity index is 1.97. The van der Waals surface area contributed by atoms with Gasteiger partial charge >= 0.3 is 0 Å². The second-order valence-corrected chi connectivity index (χ2v) is 4.49. The molecule has 0 spiro atoms. The number of oxazole rings is 1. The molecule has 0 bridgehead atoms. The number of hydrogen-bond donors (Lipinski definition) is 0. The second kappa shape index (κ2) is 4.03. The van der Waals surface area contributed by atoms with Gasteiger partial charge in [0.1, 0.15) is 0 Å². The van der Waals surface area contributed by atoms with Crippen LogP contribution in [0.25, 0.3) is 11.2 Å². The smallest absolute Gasteiger partial charge is 0.300 e. The van der Waals surface area contributed by atoms with Crippen LogP contribution in [0.2, 0.25) is 0 Å². The molecule has 0 radical (unpaired) electrons. The Morgan fingerprint density at radius 1 is 1.31 bits per heavy atom. The Hall–Kier alpha value is -1.14. The van der Waals surface area contributed by atoms with E-state index in [4.69, 9.17) is 9.15 Å². The fourth-order valence-electron chi connectivity index (χ4n) is 1.67. The summed E-state index contributed by atoms with van der Waals surface area (Å²) in [7, 11) is 0. The van der Waals surface area contributed by atoms with Gasteiger partial charge in [0.05, 0.1) is 13.2 Å². The molecule has 3 rings (SSSR count). The maximum atomic E-state index is 5.66. The summed E-state index contributed by atoms with van der Waals surface area (Å²) in [6.45, 7) is 3.06. The molecule has 6 heteroatoms. The molecule has 2 aromatic rings. The number of hydrogen-bond acceptors (Lipinski definition) is 5. The number of rotatable bonds is 1. The van der Waals surface area contributed by atoms with Crippen LogP contribution in [0.15, 0.2) is 21.2 Å². The third-order valence-corrected chi connectivity index (χ3v) is 2.92. The maximum absolute atomic E-state index is 5.66. The van der Waals surface area contributed by atoms with Crippen LogP contribution in [-0.2, 0) is 4.74 Å². The maximum Gasteiger partial charge on any atom is 0.300 e. The SMILES string of the molecule is Brc1cnc2nc(N3CCOCC3)oc2c1. The highest BCUT2D eigenvalue weighted by Crippen LogP contribution is 2.23. The molecule has 84 valence electrons. The second-order valence-electron chi connectivity index (χ2n) is 3.57. The van der Waals surface area contributed by atoms with Crippen LogP contribution < -0.4 is 4.90 Å². The van der Waals surface area contributed by atoms with Gasteiger partial charge < -0.3 is 14.1 Å². The van der Waals surface area contributed by atoms with E-state index in [2.05, 4.69) is 30.8 Å². The van der Waals surface area contributed by atoms with E-state index < -0.39 is 0 Å². The largest absolute Gasteiger partial charge is 0.422 e. The van der Waals surface area contributed by atoms with E-state index in [1.165, 1.54) is 0 Å². The fraction of sp³-hybridized carbons (Fsp3) is 0.400. The quantitative estimate of drug-likeness (QED) is 0.799. The number of anilines is 1. The predicted octanol–water partition coefficient (Wildman–Crippen LogP) is 1.82. The summed E-state index contributed by atoms with van der Waals surface area (Å²) in [5, 5.41) is 0. The first-order valence-electron chi connectivity index (χ1n) is 5.08. The predicted molar refractivity (Wildman–Crippen MR) is 62.5 cm³/mol. The van der Waals surface area contributed by atoms with Gasteiger partial charge in [-0.15, -0.1) is 0 Å². The number of pyridine rings is 1. The van der Waals surface area contributed by atoms with Crippen molar-refractivity contribution in [2.24, 2.45) is 0 Å². The van der Waals surface area contributed by atoms with Crippen molar-refractivity contribution in [1.82, 2.24) is 9.97 Å². The summed E-state index contributed by atoms with van der Waals surface area (Å²) in [5.41, 5.74) is 1.35. The monoisotopic (exact) mass is 283 g/mol. The molecule has 16 heavy (non-hydrogen) atoms. The lowest BCUT2D eigenvalue weighted by Crippen LogP contribution is -2.36. The van der Waals surface area contributed by atoms with Crippen molar-refractivity contribution >= 4 is 33.2 Å². The molecule has 0 aliphatic carbocycles. The van der Waals surface area contributed by atoms with Gasteiger partial charge in [-0.3, -0.25) is 0 Å². The fourth-order valence-corrected chi connectivity index (χ4v) is 1.98. The molecule has 0 saturated carbocycles. The standard InChI is InChI=1S/C10H10BrN3O2/c11-7-5-8-9(12-6-7)13-10(16-8)14-1-3-15-4-2-14/h5-6H,1-4H2. The summed E-state index contributed by atoms with van der Waals surface area (Å²) in [6, 6.07) is 2.50. The average Bonchev–Trinajstić information content (AvgIpc) is 2.73. The van der Waals surface area contributed by atoms with Crippen LogP contribution >= 0.6 is 15.9 Å². The van der Waals surface area contributed by atoms with E-state index in [-0.39, 0.29) is 0 Å². The summed E-state index contributed by atoms with van der Waals surface area (Å²) in [6.07, 6.45) is 1.72. The number of fused-ring (bicyclic) bond motifs is 1. The molecular weight excluding hydrogens is 274 g/mol. The normalized spacial score (nSPS) is 16.9. The molecule has 0 atom stereocenters. The minimum absolute atomic E-state index is 0.629. The topological polar surface area (TPSA) is 51.4 Å². The number of nitrogens with zero attached hydrogens (tertiary/aromatic N) is 3. The van der Waals surface area contributed by atoms with Crippen LogP contribution in [0, 0.1) is 0 Å². The van der Waals surface area contributed by atoms with E-state index in [9.17, 15) is 0 Å². The van der Waals surface area contributed by atoms with Gasteiger partial charge in [-0.2, -0.15) is 4.98 Å². The molecule has 1 aliphatic heterocycles. The molecule has 0 aromatic carbocycles. The molecule has 1 saturated heterocycles. The van der Waals surface area contributed by atoms with Crippen LogP contribution in [-0.4, -0.2) is 36.3 Å². The Morgan fingerprint density at radius 3 is 2.94 bits per heavy atom. The number of morpholine rings is 1. The first-order valence-corrected chi connectivity index (χ1v) is 5.87. The third kappa shape index (κ3) is 1.78. The highest BCUT2D eigenvalue weighted by atomic mass is 79.9. The number of ether oxygens (including phenoxy) is 1. The molecule has 0 unspecified atom stereocenters. The molecule has 5 nitrogen and oxygen atoms in total. The summed E-state index contributed by atoms with van der Waals surface area (Å²) in [4.78, 5) is 10.6. The molecule has 3 heterocycles. The Labute approximate surface area is 101 Å². The van der Waals surface area contributed by atoms with E-state index in [1.807, 2.05) is 6.07 Å². The van der Waals surface area contributed by atoms with Crippen LogP contribution in [0.1, 0.15) is 0 Å². The van der Waals surface area contributed by atoms with E-state index in [0.29, 0.717) is 17.2 Å². The van der Waals surface area contributed by atoms with Crippen LogP contribution in [0.3, 0.4) is 0 Å². The molecule has 2 aromatic heterocycles. The summed E-state index contributed by atoms with van der Waals surface area (Å²) in [5.74, 6) is 0. The van der Waals surface area contributed by atoms with Gasteiger partial charge in [0.2, 0.25) is 5.65 Å². The van der Waals surface area contributed by atoms with Crippen molar-refractivity contribution in [2.75, 3.05) is 31.2 Å². The van der Waals surface area contributed by atoms with Crippen LogP contribution in [0.4, 0.5) is 6.01 Å². The molecule has 1 aliphatic rings. The van der Waals surface area contributed by atoms with Gasteiger partial charge in [-0.25, -0.2) is 4.98 Å². The van der Waals surface area contributed by atoms with Crippen molar-refractivity contribution < 1.29 is 9.15 Å². The first kappa shape index (κ1) is 10.0. The lowest BCUT2D eigenvalue weighted by molar-refractivity contribution is 0.120. The van der Waals surface area contributed by atoms with Gasteiger partial charge in [0.15, 0.2) is 5.58 Å². The van der Waals surface area contributed by atoms with Gasteiger partial charge in [0, 0.05) is 29.8 Å². The average molecular weight is 284 g/mol. The zero-order valence-electron chi connectivity index (χ0n) is 8.52. The minimum Gasteiger partial charge on any atom is -0.422 e. The first-order chi connectivity index (χ1) is 7.83. The molecule has 0 amide bonds. The Bertz CT molecular complexity index is 508. The van der Waals surface area contributed by atoms with Crippen molar-refractivity contribution in [3.8, 4) is 0 Å². The van der Waals surface area contributed by atoms with E-state index in [0.717, 1.165) is 30.8 Å². The van der Waals surface area contributed by atoms with Crippen molar-refractivity contribution in [3.05, 3.63) is 16.7 Å².